The smallest absolute Gasteiger partial charge is 0.388 e. The quantitative estimate of drug-likeness (QED) is 0.0248. The predicted molar refractivity (Wildman–Crippen MR) is 229 cm³/mol. The number of hydrogen-bond acceptors (Lipinski definition) is 18. The van der Waals surface area contributed by atoms with Gasteiger partial charge in [-0.1, -0.05) is 30.3 Å². The standard InChI is InChI=1S/C38H27N9O13S3/c39-23-6-1-21-15-30(62(55,56)57)35(37(48)28(21)18-23)45-42-24-7-2-19(3-8-24)20-4-9-25(10-5-20)43-46-36-31(63(58,59)60)17-22-16-29(61(52,53)54)34(33(40)32(22)38(36)49)44-41-26-11-13-27(14-12-26)47(50)51/h1-18,39,43,50H,40H2,(H,52,53,54)(H,55,56,57)(H2,58,59,60). The van der Waals surface area contributed by atoms with Gasteiger partial charge in [-0.3, -0.25) is 29.3 Å². The second-order valence-corrected chi connectivity index (χ2v) is 17.5. The summed E-state index contributed by atoms with van der Waals surface area (Å²) in [5.74, 6) is -2.02. The minimum Gasteiger partial charge on any atom is -0.733 e. The minimum absolute atomic E-state index is 0.000584. The fraction of sp³-hybridized carbons (Fsp3) is 0. The van der Waals surface area contributed by atoms with E-state index in [0.29, 0.717) is 11.1 Å². The highest BCUT2D eigenvalue weighted by Gasteiger charge is 2.44. The summed E-state index contributed by atoms with van der Waals surface area (Å²) in [4.78, 5) is 24.4. The molecule has 63 heavy (non-hydrogen) atoms. The first-order valence-electron chi connectivity index (χ1n) is 17.4. The van der Waals surface area contributed by atoms with Gasteiger partial charge in [-0.05, 0) is 99.3 Å². The van der Waals surface area contributed by atoms with Gasteiger partial charge < -0.3 is 21.6 Å². The Kier molecular flexibility index (Phi) is 11.5. The van der Waals surface area contributed by atoms with Gasteiger partial charge in [0.25, 0.3) is 25.1 Å². The monoisotopic (exact) mass is 913 g/mol. The van der Waals surface area contributed by atoms with Gasteiger partial charge in [0.2, 0.25) is 11.6 Å². The van der Waals surface area contributed by atoms with Gasteiger partial charge in [-0.2, -0.15) is 41.3 Å². The van der Waals surface area contributed by atoms with E-state index in [-0.39, 0.29) is 39.6 Å². The van der Waals surface area contributed by atoms with E-state index in [0.717, 1.165) is 30.4 Å². The van der Waals surface area contributed by atoms with Crippen molar-refractivity contribution in [2.75, 3.05) is 16.4 Å². The molecule has 0 aromatic heterocycles. The van der Waals surface area contributed by atoms with Gasteiger partial charge in [0.15, 0.2) is 11.4 Å². The number of anilines is 3. The Bertz CT molecular complexity index is 3200. The molecule has 320 valence electrons. The van der Waals surface area contributed by atoms with Gasteiger partial charge >= 0.3 is 10.5 Å². The molecule has 0 heterocycles. The normalized spacial score (nSPS) is 16.3. The third-order valence-electron chi connectivity index (χ3n) is 9.15. The summed E-state index contributed by atoms with van der Waals surface area (Å²) in [5, 5.41) is 46.9. The maximum atomic E-state index is 13.9. The molecule has 0 atom stereocenters. The maximum absolute atomic E-state index is 13.9. The van der Waals surface area contributed by atoms with E-state index >= 15 is 0 Å². The van der Waals surface area contributed by atoms with Gasteiger partial charge in [0.1, 0.15) is 15.5 Å². The van der Waals surface area contributed by atoms with Crippen molar-refractivity contribution in [3.8, 4) is 11.1 Å². The van der Waals surface area contributed by atoms with E-state index in [1.807, 2.05) is 0 Å². The molecular weight excluding hydrogens is 887 g/mol. The van der Waals surface area contributed by atoms with Crippen LogP contribution < -0.4 is 16.4 Å². The molecular formula is C38H27N9O13S3. The van der Waals surface area contributed by atoms with Crippen LogP contribution in [0.2, 0.25) is 0 Å². The van der Waals surface area contributed by atoms with Crippen LogP contribution in [0.25, 0.3) is 17.2 Å². The molecule has 9 N–H and O–H groups in total. The molecule has 0 radical (unpaired) electrons. The van der Waals surface area contributed by atoms with Gasteiger partial charge in [0, 0.05) is 11.6 Å². The fourth-order valence-corrected chi connectivity index (χ4v) is 8.16. The highest BCUT2D eigenvalue weighted by molar-refractivity contribution is 7.97. The van der Waals surface area contributed by atoms with Crippen LogP contribution in [0.4, 0.5) is 34.1 Å². The largest absolute Gasteiger partial charge is 0.733 e. The van der Waals surface area contributed by atoms with Gasteiger partial charge in [0.05, 0.1) is 39.7 Å². The average Bonchev–Trinajstić information content (AvgIpc) is 3.22. The Morgan fingerprint density at radius 1 is 0.762 bits per heavy atom. The summed E-state index contributed by atoms with van der Waals surface area (Å²) in [6.07, 6.45) is 5.80. The summed E-state index contributed by atoms with van der Waals surface area (Å²) in [6, 6.07) is 18.0. The third-order valence-corrected chi connectivity index (χ3v) is 11.8. The molecule has 3 aliphatic rings. The number of nitrogen functional groups attached to an aromatic ring is 1. The molecule has 4 aromatic rings. The number of nitrogens with zero attached hydrogens (tertiary/aromatic N) is 6. The average molecular weight is 914 g/mol. The number of nitrogens with one attached hydrogen (secondary N) is 2. The number of ketones is 2. The summed E-state index contributed by atoms with van der Waals surface area (Å²) >= 11 is 0. The van der Waals surface area contributed by atoms with E-state index < -0.39 is 96.1 Å². The number of carbonyl (C=O) groups is 2. The molecule has 7 rings (SSSR count). The first-order valence-corrected chi connectivity index (χ1v) is 21.8. The highest BCUT2D eigenvalue weighted by Crippen LogP contribution is 2.41. The Hall–Kier alpha value is -7.33. The second-order valence-electron chi connectivity index (χ2n) is 13.3. The van der Waals surface area contributed by atoms with Crippen molar-refractivity contribution in [2.45, 2.75) is 4.90 Å². The van der Waals surface area contributed by atoms with Crippen molar-refractivity contribution in [1.82, 2.24) is 0 Å². The number of azo groups is 2. The van der Waals surface area contributed by atoms with Gasteiger partial charge in [-0.15, -0.1) is 10.2 Å². The first-order chi connectivity index (χ1) is 29.6. The van der Waals surface area contributed by atoms with E-state index in [2.05, 4.69) is 31.0 Å². The number of nitrogens with two attached hydrogens (primary N) is 1. The first kappa shape index (κ1) is 43.7. The summed E-state index contributed by atoms with van der Waals surface area (Å²) in [6.45, 7) is 0. The van der Waals surface area contributed by atoms with Crippen LogP contribution in [0.3, 0.4) is 0 Å². The van der Waals surface area contributed by atoms with Crippen molar-refractivity contribution < 1.29 is 54.1 Å². The number of hydrogen-bond donors (Lipinski definition) is 8. The Morgan fingerprint density at radius 2 is 1.35 bits per heavy atom. The van der Waals surface area contributed by atoms with Crippen LogP contribution in [-0.2, 0) is 39.7 Å². The van der Waals surface area contributed by atoms with Crippen molar-refractivity contribution >= 4 is 93.9 Å². The van der Waals surface area contributed by atoms with Gasteiger partial charge in [-0.25, -0.2) is 0 Å². The molecule has 0 aliphatic heterocycles. The molecule has 0 spiro atoms. The maximum Gasteiger partial charge on any atom is 0.388 e. The van der Waals surface area contributed by atoms with Crippen LogP contribution in [0, 0.1) is 10.6 Å². The Balaban J connectivity index is 1.14. The zero-order chi connectivity index (χ0) is 45.6. The van der Waals surface area contributed by atoms with Crippen molar-refractivity contribution in [1.29, 1.82) is 5.41 Å². The van der Waals surface area contributed by atoms with E-state index in [9.17, 15) is 54.1 Å². The van der Waals surface area contributed by atoms with Crippen LogP contribution in [0.5, 0.6) is 0 Å². The number of fused-ring (bicyclic) bond motifs is 2. The van der Waals surface area contributed by atoms with Crippen LogP contribution in [-0.4, -0.2) is 63.2 Å². The number of hydrazone groups is 1. The molecule has 0 fully saturated rings. The minimum atomic E-state index is -5.14. The molecule has 0 amide bonds. The molecule has 0 saturated carbocycles. The number of benzene rings is 4. The molecule has 0 unspecified atom stereocenters. The second kappa shape index (κ2) is 16.5. The summed E-state index contributed by atoms with van der Waals surface area (Å²) in [7, 11) is -15.0. The van der Waals surface area contributed by atoms with Crippen molar-refractivity contribution in [3.05, 3.63) is 146 Å². The zero-order valence-corrected chi connectivity index (χ0v) is 33.8. The van der Waals surface area contributed by atoms with Crippen LogP contribution in [0.15, 0.2) is 160 Å². The van der Waals surface area contributed by atoms with Crippen molar-refractivity contribution in [3.63, 3.8) is 0 Å². The molecule has 25 heteroatoms. The number of rotatable bonds is 11. The summed E-state index contributed by atoms with van der Waals surface area (Å²) in [5.41, 5.74) is 6.83. The Morgan fingerprint density at radius 3 is 1.92 bits per heavy atom. The zero-order valence-electron chi connectivity index (χ0n) is 31.4. The lowest BCUT2D eigenvalue weighted by Crippen LogP contribution is -2.30. The molecule has 22 nitrogen and oxygen atoms in total. The molecule has 3 aliphatic carbocycles. The third kappa shape index (κ3) is 9.16. The van der Waals surface area contributed by atoms with E-state index in [1.54, 1.807) is 24.3 Å². The number of Topliss-reactive ketones (excluding diaryl/α,β-unsaturated/α-hetero) is 2. The lowest BCUT2D eigenvalue weighted by molar-refractivity contribution is -0.112. The topological polar surface area (TPSA) is 371 Å². The molecule has 0 bridgehead atoms. The van der Waals surface area contributed by atoms with Crippen LogP contribution >= 0.6 is 0 Å². The lowest BCUT2D eigenvalue weighted by Gasteiger charge is -2.21. The number of carbonyl (C=O) groups excluding carboxylic acids is 2. The lowest BCUT2D eigenvalue weighted by atomic mass is 9.90. The molecule has 0 saturated heterocycles. The van der Waals surface area contributed by atoms with E-state index in [1.165, 1.54) is 54.6 Å². The van der Waals surface area contributed by atoms with E-state index in [4.69, 9.17) is 16.4 Å². The summed E-state index contributed by atoms with van der Waals surface area (Å²) < 4.78 is 102. The SMILES string of the molecule is N=C1C=CC2=CC(S(=O)(=O)O)=C(N=Nc3ccc(-c4ccc(NN=C5C(=O)c6c(cc(S(=O)(=O)O)c(N=Nc7ccc(N([O-])O)cc7)c6N)C=C5[S+](=O)(O)O)cc4)cc3)C(=O)C2=C1. The predicted octanol–water partition coefficient (Wildman–Crippen LogP) is 6.95. The Labute approximate surface area is 356 Å². The van der Waals surface area contributed by atoms with Crippen molar-refractivity contribution in [2.24, 2.45) is 25.6 Å². The molecule has 4 aromatic carbocycles. The van der Waals surface area contributed by atoms with Crippen LogP contribution in [0.1, 0.15) is 15.9 Å². The fourth-order valence-electron chi connectivity index (χ4n) is 6.16. The number of allylic oxidation sites excluding steroid dienone is 7. The highest BCUT2D eigenvalue weighted by atomic mass is 32.3.